The standard InChI is InChI=1S/C12H14BrClN2O4/c1-20-5-4-10(11(17)18)16-12(19)15-9-3-2-7(14)6-8(9)13/h2-3,6,10H,4-5H2,1H3,(H,17,18)(H2,15,16,19). The molecule has 110 valence electrons. The Labute approximate surface area is 129 Å². The Balaban J connectivity index is 2.63. The third-order valence-corrected chi connectivity index (χ3v) is 3.28. The van der Waals surface area contributed by atoms with E-state index in [0.717, 1.165) is 0 Å². The van der Waals surface area contributed by atoms with Crippen LogP contribution in [0.1, 0.15) is 6.42 Å². The molecule has 2 amide bonds. The van der Waals surface area contributed by atoms with Crippen molar-refractivity contribution < 1.29 is 19.4 Å². The molecule has 1 unspecified atom stereocenters. The number of carbonyl (C=O) groups is 2. The number of urea groups is 1. The average Bonchev–Trinajstić information content (AvgIpc) is 2.37. The lowest BCUT2D eigenvalue weighted by Crippen LogP contribution is -2.43. The monoisotopic (exact) mass is 364 g/mol. The van der Waals surface area contributed by atoms with Gasteiger partial charge in [-0.15, -0.1) is 0 Å². The van der Waals surface area contributed by atoms with Crippen LogP contribution in [0.25, 0.3) is 0 Å². The lowest BCUT2D eigenvalue weighted by atomic mass is 10.2. The summed E-state index contributed by atoms with van der Waals surface area (Å²) in [6.45, 7) is 0.238. The number of amides is 2. The van der Waals surface area contributed by atoms with Crippen LogP contribution in [0.3, 0.4) is 0 Å². The zero-order chi connectivity index (χ0) is 15.1. The number of rotatable bonds is 6. The van der Waals surface area contributed by atoms with Crippen molar-refractivity contribution in [1.29, 1.82) is 0 Å². The molecule has 0 radical (unpaired) electrons. The first-order valence-corrected chi connectivity index (χ1v) is 6.85. The van der Waals surface area contributed by atoms with Gasteiger partial charge in [0, 0.05) is 29.6 Å². The number of carboxylic acid groups (broad SMARTS) is 1. The summed E-state index contributed by atoms with van der Waals surface area (Å²) in [5.41, 5.74) is 0.489. The Morgan fingerprint density at radius 2 is 2.20 bits per heavy atom. The van der Waals surface area contributed by atoms with Crippen molar-refractivity contribution in [2.45, 2.75) is 12.5 Å². The van der Waals surface area contributed by atoms with Gasteiger partial charge in [-0.25, -0.2) is 9.59 Å². The van der Waals surface area contributed by atoms with Gasteiger partial charge in [-0.05, 0) is 34.1 Å². The summed E-state index contributed by atoms with van der Waals surface area (Å²) in [5.74, 6) is -1.12. The summed E-state index contributed by atoms with van der Waals surface area (Å²) < 4.78 is 5.40. The Bertz CT molecular complexity index is 498. The number of carboxylic acids is 1. The van der Waals surface area contributed by atoms with Crippen LogP contribution in [-0.4, -0.2) is 36.9 Å². The fourth-order valence-corrected chi connectivity index (χ4v) is 2.18. The molecule has 1 atom stereocenters. The van der Waals surface area contributed by atoms with Crippen molar-refractivity contribution in [3.63, 3.8) is 0 Å². The molecule has 8 heteroatoms. The Morgan fingerprint density at radius 3 is 2.75 bits per heavy atom. The molecule has 1 aromatic rings. The Kier molecular flexibility index (Phi) is 6.77. The predicted molar refractivity (Wildman–Crippen MR) is 79.2 cm³/mol. The molecule has 3 N–H and O–H groups in total. The lowest BCUT2D eigenvalue weighted by Gasteiger charge is -2.15. The van der Waals surface area contributed by atoms with E-state index in [-0.39, 0.29) is 13.0 Å². The van der Waals surface area contributed by atoms with E-state index in [1.807, 2.05) is 0 Å². The van der Waals surface area contributed by atoms with Gasteiger partial charge in [0.1, 0.15) is 6.04 Å². The maximum atomic E-state index is 11.7. The van der Waals surface area contributed by atoms with Crippen LogP contribution in [0.5, 0.6) is 0 Å². The average molecular weight is 366 g/mol. The molecule has 0 aliphatic rings. The molecule has 0 saturated heterocycles. The number of hydrogen-bond donors (Lipinski definition) is 3. The minimum absolute atomic E-state index is 0.182. The highest BCUT2D eigenvalue weighted by Crippen LogP contribution is 2.25. The minimum atomic E-state index is -1.12. The van der Waals surface area contributed by atoms with Gasteiger partial charge in [0.15, 0.2) is 0 Å². The van der Waals surface area contributed by atoms with E-state index < -0.39 is 18.0 Å². The summed E-state index contributed by atoms with van der Waals surface area (Å²) in [6.07, 6.45) is 0.182. The van der Waals surface area contributed by atoms with Crippen LogP contribution in [0.15, 0.2) is 22.7 Å². The van der Waals surface area contributed by atoms with Gasteiger partial charge in [-0.3, -0.25) is 0 Å². The SMILES string of the molecule is COCCC(NC(=O)Nc1ccc(Cl)cc1Br)C(=O)O. The number of hydrogen-bond acceptors (Lipinski definition) is 3. The van der Waals surface area contributed by atoms with Crippen LogP contribution < -0.4 is 10.6 Å². The molecule has 0 saturated carbocycles. The van der Waals surface area contributed by atoms with Crippen molar-refractivity contribution in [1.82, 2.24) is 5.32 Å². The molecule has 0 aliphatic carbocycles. The first-order valence-electron chi connectivity index (χ1n) is 5.68. The maximum Gasteiger partial charge on any atom is 0.326 e. The molecule has 0 aliphatic heterocycles. The number of benzene rings is 1. The highest BCUT2D eigenvalue weighted by atomic mass is 79.9. The van der Waals surface area contributed by atoms with Crippen molar-refractivity contribution in [2.75, 3.05) is 19.0 Å². The second-order valence-corrected chi connectivity index (χ2v) is 5.19. The molecular formula is C12H14BrClN2O4. The first kappa shape index (κ1) is 16.7. The van der Waals surface area contributed by atoms with E-state index >= 15 is 0 Å². The summed E-state index contributed by atoms with van der Waals surface area (Å²) in [5, 5.41) is 14.4. The number of halogens is 2. The predicted octanol–water partition coefficient (Wildman–Crippen LogP) is 2.71. The van der Waals surface area contributed by atoms with Gasteiger partial charge < -0.3 is 20.5 Å². The van der Waals surface area contributed by atoms with Crippen LogP contribution in [-0.2, 0) is 9.53 Å². The lowest BCUT2D eigenvalue weighted by molar-refractivity contribution is -0.139. The number of nitrogens with one attached hydrogen (secondary N) is 2. The van der Waals surface area contributed by atoms with Gasteiger partial charge >= 0.3 is 12.0 Å². The molecule has 1 aromatic carbocycles. The maximum absolute atomic E-state index is 11.7. The fraction of sp³-hybridized carbons (Fsp3) is 0.333. The third-order valence-electron chi connectivity index (χ3n) is 2.39. The topological polar surface area (TPSA) is 87.7 Å². The zero-order valence-electron chi connectivity index (χ0n) is 10.7. The molecule has 6 nitrogen and oxygen atoms in total. The third kappa shape index (κ3) is 5.36. The highest BCUT2D eigenvalue weighted by Gasteiger charge is 2.19. The quantitative estimate of drug-likeness (QED) is 0.723. The van der Waals surface area contributed by atoms with Gasteiger partial charge in [-0.2, -0.15) is 0 Å². The number of methoxy groups -OCH3 is 1. The molecule has 0 heterocycles. The van der Waals surface area contributed by atoms with Crippen molar-refractivity contribution >= 4 is 45.2 Å². The van der Waals surface area contributed by atoms with Gasteiger partial charge in [0.05, 0.1) is 5.69 Å². The number of anilines is 1. The first-order chi connectivity index (χ1) is 9.43. The van der Waals surface area contributed by atoms with Crippen LogP contribution in [0.2, 0.25) is 5.02 Å². The van der Waals surface area contributed by atoms with Crippen molar-refractivity contribution in [3.05, 3.63) is 27.7 Å². The van der Waals surface area contributed by atoms with E-state index in [9.17, 15) is 9.59 Å². The number of ether oxygens (including phenoxy) is 1. The van der Waals surface area contributed by atoms with Gasteiger partial charge in [0.25, 0.3) is 0 Å². The van der Waals surface area contributed by atoms with Crippen molar-refractivity contribution in [2.24, 2.45) is 0 Å². The summed E-state index contributed by atoms with van der Waals surface area (Å²) >= 11 is 9.04. The van der Waals surface area contributed by atoms with Crippen LogP contribution >= 0.6 is 27.5 Å². The highest BCUT2D eigenvalue weighted by molar-refractivity contribution is 9.10. The number of carbonyl (C=O) groups excluding carboxylic acids is 1. The molecule has 0 fully saturated rings. The summed E-state index contributed by atoms with van der Waals surface area (Å²) in [6, 6.07) is 3.22. The second kappa shape index (κ2) is 8.08. The molecule has 20 heavy (non-hydrogen) atoms. The minimum Gasteiger partial charge on any atom is -0.480 e. The molecule has 0 spiro atoms. The fourth-order valence-electron chi connectivity index (χ4n) is 1.40. The van der Waals surface area contributed by atoms with E-state index in [4.69, 9.17) is 21.4 Å². The number of aliphatic carboxylic acids is 1. The van der Waals surface area contributed by atoms with Gasteiger partial charge in [-0.1, -0.05) is 11.6 Å². The smallest absolute Gasteiger partial charge is 0.326 e. The van der Waals surface area contributed by atoms with E-state index in [1.165, 1.54) is 7.11 Å². The van der Waals surface area contributed by atoms with Crippen LogP contribution in [0.4, 0.5) is 10.5 Å². The normalized spacial score (nSPS) is 11.8. The zero-order valence-corrected chi connectivity index (χ0v) is 13.0. The second-order valence-electron chi connectivity index (χ2n) is 3.89. The van der Waals surface area contributed by atoms with E-state index in [0.29, 0.717) is 15.2 Å². The summed E-state index contributed by atoms with van der Waals surface area (Å²) in [7, 11) is 1.46. The van der Waals surface area contributed by atoms with E-state index in [2.05, 4.69) is 26.6 Å². The van der Waals surface area contributed by atoms with Crippen LogP contribution in [0, 0.1) is 0 Å². The molecule has 1 rings (SSSR count). The van der Waals surface area contributed by atoms with Crippen molar-refractivity contribution in [3.8, 4) is 0 Å². The summed E-state index contributed by atoms with van der Waals surface area (Å²) in [4.78, 5) is 22.7. The van der Waals surface area contributed by atoms with Gasteiger partial charge in [0.2, 0.25) is 0 Å². The molecular weight excluding hydrogens is 351 g/mol. The Hall–Kier alpha value is -1.31. The Morgan fingerprint density at radius 1 is 1.50 bits per heavy atom. The molecule has 0 aromatic heterocycles. The molecule has 0 bridgehead atoms. The largest absolute Gasteiger partial charge is 0.480 e. The van der Waals surface area contributed by atoms with E-state index in [1.54, 1.807) is 18.2 Å².